The second-order valence-corrected chi connectivity index (χ2v) is 9.43. The molecule has 0 aliphatic carbocycles. The van der Waals surface area contributed by atoms with Crippen molar-refractivity contribution in [2.45, 2.75) is 6.04 Å². The third-order valence-corrected chi connectivity index (χ3v) is 6.63. The molecule has 2 aromatic rings. The van der Waals surface area contributed by atoms with Crippen molar-refractivity contribution in [1.82, 2.24) is 10.6 Å². The lowest BCUT2D eigenvalue weighted by molar-refractivity contribution is 0.694. The summed E-state index contributed by atoms with van der Waals surface area (Å²) in [5.41, 5.74) is 6.24. The van der Waals surface area contributed by atoms with Gasteiger partial charge in [0.15, 0.2) is 5.11 Å². The number of halogens is 2. The first-order valence-corrected chi connectivity index (χ1v) is 11.4. The van der Waals surface area contributed by atoms with E-state index < -0.39 is 0 Å². The van der Waals surface area contributed by atoms with E-state index in [1.165, 1.54) is 28.0 Å². The molecule has 2 aliphatic rings. The number of hydrogen-bond acceptors (Lipinski definition) is 2. The van der Waals surface area contributed by atoms with Gasteiger partial charge in [-0.2, -0.15) is 11.8 Å². The van der Waals surface area contributed by atoms with Crippen LogP contribution in [-0.4, -0.2) is 16.6 Å². The second kappa shape index (κ2) is 7.89. The minimum atomic E-state index is 0.106. The third kappa shape index (κ3) is 3.93. The van der Waals surface area contributed by atoms with Crippen LogP contribution in [0, 0.1) is 0 Å². The highest BCUT2D eigenvalue weighted by atomic mass is 79.9. The van der Waals surface area contributed by atoms with E-state index in [0.717, 1.165) is 20.5 Å². The normalized spacial score (nSPS) is 21.2. The molecule has 0 saturated heterocycles. The molecule has 6 heteroatoms. The van der Waals surface area contributed by atoms with E-state index in [1.54, 1.807) is 0 Å². The van der Waals surface area contributed by atoms with Gasteiger partial charge in [0.1, 0.15) is 0 Å². The van der Waals surface area contributed by atoms with E-state index in [2.05, 4.69) is 85.0 Å². The van der Waals surface area contributed by atoms with Crippen molar-refractivity contribution >= 4 is 67.0 Å². The van der Waals surface area contributed by atoms with Gasteiger partial charge in [-0.3, -0.25) is 0 Å². The van der Waals surface area contributed by atoms with Gasteiger partial charge in [-0.05, 0) is 64.8 Å². The summed E-state index contributed by atoms with van der Waals surface area (Å²) in [6, 6.07) is 16.9. The zero-order valence-corrected chi connectivity index (χ0v) is 18.6. The zero-order chi connectivity index (χ0) is 18.1. The number of thioether (sulfide) groups is 1. The Balaban J connectivity index is 1.78. The molecule has 2 N–H and O–H groups in total. The predicted octanol–water partition coefficient (Wildman–Crippen LogP) is 5.81. The Kier molecular flexibility index (Phi) is 5.55. The van der Waals surface area contributed by atoms with Crippen LogP contribution in [0.2, 0.25) is 0 Å². The quantitative estimate of drug-likeness (QED) is 0.500. The summed E-state index contributed by atoms with van der Waals surface area (Å²) in [4.78, 5) is 0. The summed E-state index contributed by atoms with van der Waals surface area (Å²) in [7, 11) is 0. The first kappa shape index (κ1) is 18.3. The van der Waals surface area contributed by atoms with Gasteiger partial charge in [-0.15, -0.1) is 0 Å². The molecule has 1 atom stereocenters. The molecule has 2 heterocycles. The fourth-order valence-corrected chi connectivity index (χ4v) is 5.39. The monoisotopic (exact) mass is 506 g/mol. The van der Waals surface area contributed by atoms with Crippen molar-refractivity contribution in [2.24, 2.45) is 0 Å². The lowest BCUT2D eigenvalue weighted by atomic mass is 9.93. The van der Waals surface area contributed by atoms with Gasteiger partial charge in [0, 0.05) is 26.1 Å². The van der Waals surface area contributed by atoms with Crippen LogP contribution in [0.15, 0.2) is 74.3 Å². The molecule has 0 spiro atoms. The first-order chi connectivity index (χ1) is 12.6. The van der Waals surface area contributed by atoms with Crippen molar-refractivity contribution in [2.75, 3.05) is 11.5 Å². The Morgan fingerprint density at radius 2 is 1.81 bits per heavy atom. The van der Waals surface area contributed by atoms with Gasteiger partial charge in [-0.25, -0.2) is 0 Å². The second-order valence-electron chi connectivity index (χ2n) is 6.20. The minimum absolute atomic E-state index is 0.106. The summed E-state index contributed by atoms with van der Waals surface area (Å²) >= 11 is 14.6. The highest BCUT2D eigenvalue weighted by Gasteiger charge is 2.30. The van der Waals surface area contributed by atoms with Gasteiger partial charge in [0.25, 0.3) is 0 Å². The highest BCUT2D eigenvalue weighted by Crippen LogP contribution is 2.38. The van der Waals surface area contributed by atoms with Crippen LogP contribution in [0.4, 0.5) is 0 Å². The summed E-state index contributed by atoms with van der Waals surface area (Å²) in [5, 5.41) is 7.54. The maximum absolute atomic E-state index is 5.51. The fraction of sp³-hybridized carbons (Fsp3) is 0.150. The summed E-state index contributed by atoms with van der Waals surface area (Å²) in [6.45, 7) is 0. The molecule has 26 heavy (non-hydrogen) atoms. The van der Waals surface area contributed by atoms with Crippen molar-refractivity contribution < 1.29 is 0 Å². The molecule has 0 radical (unpaired) electrons. The molecule has 0 fully saturated rings. The molecular formula is C20H16Br2N2S2. The van der Waals surface area contributed by atoms with Crippen molar-refractivity contribution in [1.29, 1.82) is 0 Å². The van der Waals surface area contributed by atoms with Gasteiger partial charge >= 0.3 is 0 Å². The number of rotatable bonds is 2. The van der Waals surface area contributed by atoms with Gasteiger partial charge in [0.2, 0.25) is 0 Å². The average molecular weight is 508 g/mol. The molecule has 2 aliphatic heterocycles. The predicted molar refractivity (Wildman–Crippen MR) is 122 cm³/mol. The number of thiocarbonyl (C=S) groups is 1. The van der Waals surface area contributed by atoms with E-state index in [4.69, 9.17) is 12.2 Å². The van der Waals surface area contributed by atoms with Gasteiger partial charge < -0.3 is 10.6 Å². The first-order valence-electron chi connectivity index (χ1n) is 8.20. The summed E-state index contributed by atoms with van der Waals surface area (Å²) in [6.07, 6.45) is 2.26. The SMILES string of the molecule is S=C1NC2=C(CSC/C2=C/c2cccc(Br)c2)C(c2cccc(Br)c2)N1. The molecule has 0 bridgehead atoms. The van der Waals surface area contributed by atoms with Crippen LogP contribution >= 0.6 is 55.8 Å². The van der Waals surface area contributed by atoms with Gasteiger partial charge in [0.05, 0.1) is 6.04 Å². The number of nitrogens with one attached hydrogen (secondary N) is 2. The molecular weight excluding hydrogens is 492 g/mol. The molecule has 0 amide bonds. The Hall–Kier alpha value is -1.08. The fourth-order valence-electron chi connectivity index (χ4n) is 3.26. The molecule has 1 unspecified atom stereocenters. The zero-order valence-electron chi connectivity index (χ0n) is 13.8. The summed E-state index contributed by atoms with van der Waals surface area (Å²) in [5.74, 6) is 1.97. The molecule has 2 nitrogen and oxygen atoms in total. The van der Waals surface area contributed by atoms with E-state index in [-0.39, 0.29) is 6.04 Å². The molecule has 0 saturated carbocycles. The molecule has 132 valence electrons. The molecule has 0 aromatic heterocycles. The van der Waals surface area contributed by atoms with E-state index in [0.29, 0.717) is 5.11 Å². The van der Waals surface area contributed by atoms with E-state index in [9.17, 15) is 0 Å². The third-order valence-electron chi connectivity index (χ3n) is 4.39. The number of hydrogen-bond donors (Lipinski definition) is 2. The van der Waals surface area contributed by atoms with Crippen LogP contribution in [0.1, 0.15) is 17.2 Å². The Bertz CT molecular complexity index is 937. The maximum atomic E-state index is 5.51. The highest BCUT2D eigenvalue weighted by molar-refractivity contribution is 9.10. The van der Waals surface area contributed by atoms with Crippen molar-refractivity contribution in [3.63, 3.8) is 0 Å². The lowest BCUT2D eigenvalue weighted by Crippen LogP contribution is -2.45. The number of benzene rings is 2. The van der Waals surface area contributed by atoms with E-state index >= 15 is 0 Å². The van der Waals surface area contributed by atoms with Crippen LogP contribution < -0.4 is 10.6 Å². The Morgan fingerprint density at radius 3 is 2.58 bits per heavy atom. The molecule has 4 rings (SSSR count). The standard InChI is InChI=1S/C20H16Br2N2S2/c21-15-5-1-3-12(8-15)7-14-10-26-11-17-18(23-20(25)24-19(14)17)13-4-2-6-16(22)9-13/h1-9,18H,10-11H2,(H2,23,24,25)/b14-7-. The molecule has 2 aromatic carbocycles. The van der Waals surface area contributed by atoms with Crippen molar-refractivity contribution in [3.05, 3.63) is 85.4 Å². The Morgan fingerprint density at radius 1 is 1.04 bits per heavy atom. The minimum Gasteiger partial charge on any atom is -0.352 e. The van der Waals surface area contributed by atoms with Crippen LogP contribution in [-0.2, 0) is 0 Å². The maximum Gasteiger partial charge on any atom is 0.171 e. The largest absolute Gasteiger partial charge is 0.352 e. The summed E-state index contributed by atoms with van der Waals surface area (Å²) < 4.78 is 2.17. The smallest absolute Gasteiger partial charge is 0.171 e. The van der Waals surface area contributed by atoms with E-state index in [1.807, 2.05) is 23.9 Å². The average Bonchev–Trinajstić information content (AvgIpc) is 2.62. The lowest BCUT2D eigenvalue weighted by Gasteiger charge is -2.35. The Labute approximate surface area is 179 Å². The van der Waals surface area contributed by atoms with Crippen LogP contribution in [0.25, 0.3) is 6.08 Å². The topological polar surface area (TPSA) is 24.1 Å². The van der Waals surface area contributed by atoms with Gasteiger partial charge in [-0.1, -0.05) is 56.1 Å². The number of allylic oxidation sites excluding steroid dienone is 1. The van der Waals surface area contributed by atoms with Crippen molar-refractivity contribution in [3.8, 4) is 0 Å². The van der Waals surface area contributed by atoms with Crippen LogP contribution in [0.3, 0.4) is 0 Å². The van der Waals surface area contributed by atoms with Crippen LogP contribution in [0.5, 0.6) is 0 Å².